The monoisotopic (exact) mass is 322 g/mol. The van der Waals surface area contributed by atoms with Crippen molar-refractivity contribution in [3.05, 3.63) is 65.4 Å². The third-order valence-electron chi connectivity index (χ3n) is 1.83. The summed E-state index contributed by atoms with van der Waals surface area (Å²) >= 11 is 0. The molecule has 0 saturated carbocycles. The summed E-state index contributed by atoms with van der Waals surface area (Å²) in [6.45, 7) is 19.7. The van der Waals surface area contributed by atoms with Gasteiger partial charge in [0.15, 0.2) is 11.9 Å². The van der Waals surface area contributed by atoms with Crippen LogP contribution in [0.2, 0.25) is 0 Å². The molecule has 2 rings (SSSR count). The second-order valence-corrected chi connectivity index (χ2v) is 3.14. The number of pyridine rings is 2. The van der Waals surface area contributed by atoms with Crippen molar-refractivity contribution >= 4 is 0 Å². The molecule has 0 aromatic carbocycles. The van der Waals surface area contributed by atoms with Crippen LogP contribution in [0.1, 0.15) is 66.8 Å². The first-order valence-corrected chi connectivity index (χ1v) is 8.72. The number of nitrogens with zero attached hydrogens (tertiary/aromatic N) is 2. The van der Waals surface area contributed by atoms with Gasteiger partial charge in [-0.25, -0.2) is 0 Å². The largest absolute Gasteiger partial charge is 0.619 e. The van der Waals surface area contributed by atoms with Crippen LogP contribution in [0.15, 0.2) is 48.8 Å². The van der Waals surface area contributed by atoms with Crippen LogP contribution in [0.3, 0.4) is 0 Å². The van der Waals surface area contributed by atoms with Crippen molar-refractivity contribution in [3.8, 4) is 0 Å². The van der Waals surface area contributed by atoms with Gasteiger partial charge >= 0.3 is 0 Å². The highest BCUT2D eigenvalue weighted by Gasteiger charge is 1.89. The third-order valence-corrected chi connectivity index (χ3v) is 1.83. The molecule has 2 aromatic rings. The number of rotatable bonds is 0. The van der Waals surface area contributed by atoms with Gasteiger partial charge in [-0.1, -0.05) is 67.5 Å². The smallest absolute Gasteiger partial charge is 0.189 e. The number of aromatic nitrogens is 2. The Labute approximate surface area is 145 Å². The van der Waals surface area contributed by atoms with Gasteiger partial charge in [0.25, 0.3) is 0 Å². The molecule has 134 valence electrons. The van der Waals surface area contributed by atoms with E-state index in [0.717, 1.165) is 16.1 Å². The van der Waals surface area contributed by atoms with E-state index in [4.69, 9.17) is 0 Å². The quantitative estimate of drug-likeness (QED) is 0.433. The maximum absolute atomic E-state index is 10.5. The lowest BCUT2D eigenvalue weighted by molar-refractivity contribution is -0.612. The van der Waals surface area contributed by atoms with Crippen molar-refractivity contribution in [2.75, 3.05) is 0 Å². The van der Waals surface area contributed by atoms with E-state index >= 15 is 0 Å². The highest BCUT2D eigenvalue weighted by atomic mass is 16.5. The van der Waals surface area contributed by atoms with Gasteiger partial charge in [-0.2, -0.15) is 4.73 Å². The minimum Gasteiger partial charge on any atom is -0.619 e. The second-order valence-electron chi connectivity index (χ2n) is 3.14. The average Bonchev–Trinajstić information content (AvgIpc) is 2.66. The Hall–Kier alpha value is -1.90. The molecule has 0 amide bonds. The van der Waals surface area contributed by atoms with E-state index in [1.807, 2.05) is 86.6 Å². The Morgan fingerprint density at radius 3 is 1.43 bits per heavy atom. The van der Waals surface area contributed by atoms with Gasteiger partial charge in [-0.05, 0) is 19.1 Å². The number of hydrogen-bond donors (Lipinski definition) is 0. The first kappa shape index (κ1) is 29.2. The molecule has 0 atom stereocenters. The highest BCUT2D eigenvalue weighted by molar-refractivity contribution is 4.99. The molecule has 0 aliphatic rings. The lowest BCUT2D eigenvalue weighted by Crippen LogP contribution is -2.28. The van der Waals surface area contributed by atoms with Crippen LogP contribution in [0.5, 0.6) is 0 Å². The first-order valence-electron chi connectivity index (χ1n) is 8.72. The summed E-state index contributed by atoms with van der Waals surface area (Å²) in [6, 6.07) is 11.2. The fourth-order valence-corrected chi connectivity index (χ4v) is 0.962. The topological polar surface area (TPSA) is 39.8 Å². The highest BCUT2D eigenvalue weighted by Crippen LogP contribution is 1.86. The molecular formula is C20H38N2O. The van der Waals surface area contributed by atoms with E-state index in [1.54, 1.807) is 25.3 Å². The molecule has 0 unspecified atom stereocenters. The van der Waals surface area contributed by atoms with Crippen LogP contribution < -0.4 is 4.73 Å². The summed E-state index contributed by atoms with van der Waals surface area (Å²) in [4.78, 5) is 3.98. The molecule has 0 saturated heterocycles. The van der Waals surface area contributed by atoms with Crippen molar-refractivity contribution in [2.24, 2.45) is 0 Å². The maximum atomic E-state index is 10.5. The molecule has 0 radical (unpaired) electrons. The predicted molar refractivity (Wildman–Crippen MR) is 105 cm³/mol. The Kier molecular flexibility index (Phi) is 35.9. The fourth-order valence-electron chi connectivity index (χ4n) is 0.962. The lowest BCUT2D eigenvalue weighted by atomic mass is 10.4. The Bertz CT molecular complexity index is 382. The van der Waals surface area contributed by atoms with Gasteiger partial charge in [0, 0.05) is 30.9 Å². The van der Waals surface area contributed by atoms with E-state index < -0.39 is 0 Å². The minimum absolute atomic E-state index is 0.729. The summed E-state index contributed by atoms with van der Waals surface area (Å²) in [5.41, 5.74) is 1.80. The molecule has 3 heteroatoms. The molecule has 0 aliphatic carbocycles. The van der Waals surface area contributed by atoms with Crippen LogP contribution in [0.25, 0.3) is 0 Å². The average molecular weight is 323 g/mol. The Morgan fingerprint density at radius 1 is 0.739 bits per heavy atom. The van der Waals surface area contributed by atoms with Crippen LogP contribution >= 0.6 is 0 Å². The Balaban J connectivity index is -0.000000110. The molecule has 23 heavy (non-hydrogen) atoms. The van der Waals surface area contributed by atoms with Gasteiger partial charge in [-0.3, -0.25) is 4.98 Å². The van der Waals surface area contributed by atoms with E-state index in [-0.39, 0.29) is 0 Å². The lowest BCUT2D eigenvalue weighted by Gasteiger charge is -1.95. The van der Waals surface area contributed by atoms with Gasteiger partial charge in [-0.15, -0.1) is 0 Å². The zero-order valence-electron chi connectivity index (χ0n) is 16.9. The summed E-state index contributed by atoms with van der Waals surface area (Å²) in [6.07, 6.45) is 3.27. The third kappa shape index (κ3) is 22.5. The van der Waals surface area contributed by atoms with E-state index in [0.29, 0.717) is 0 Å². The maximum Gasteiger partial charge on any atom is 0.189 e. The summed E-state index contributed by atoms with van der Waals surface area (Å²) in [5, 5.41) is 10.5. The van der Waals surface area contributed by atoms with Gasteiger partial charge in [0.1, 0.15) is 0 Å². The van der Waals surface area contributed by atoms with Crippen molar-refractivity contribution in [1.82, 2.24) is 4.98 Å². The van der Waals surface area contributed by atoms with Gasteiger partial charge in [0.05, 0.1) is 0 Å². The van der Waals surface area contributed by atoms with Crippen LogP contribution in [-0.2, 0) is 0 Å². The minimum atomic E-state index is 0.729. The predicted octanol–water partition coefficient (Wildman–Crippen LogP) is 6.12. The molecule has 2 aromatic heterocycles. The summed E-state index contributed by atoms with van der Waals surface area (Å²) in [7, 11) is 0. The molecular weight excluding hydrogens is 284 g/mol. The standard InChI is InChI=1S/C6H7NO.C6H7N.4C2H6/c1-6-4-2-3-5-7(6)8;1-6-4-2-3-5-7-6;4*1-2/h2-5H,1H3;2-5H,1H3;4*1-2H3. The molecule has 0 spiro atoms. The summed E-state index contributed by atoms with van der Waals surface area (Å²) in [5.74, 6) is 0. The van der Waals surface area contributed by atoms with E-state index in [9.17, 15) is 5.21 Å². The first-order chi connectivity index (χ1) is 11.2. The van der Waals surface area contributed by atoms with Crippen molar-refractivity contribution < 1.29 is 4.73 Å². The number of aryl methyl sites for hydroxylation is 2. The SMILES string of the molecule is CC.CC.CC.CC.Cc1cccc[n+]1[O-].Cc1ccccn1. The molecule has 0 fully saturated rings. The normalized spacial score (nSPS) is 6.87. The van der Waals surface area contributed by atoms with E-state index in [2.05, 4.69) is 4.98 Å². The van der Waals surface area contributed by atoms with Crippen LogP contribution in [-0.4, -0.2) is 4.98 Å². The Morgan fingerprint density at radius 2 is 1.22 bits per heavy atom. The zero-order valence-corrected chi connectivity index (χ0v) is 16.9. The second kappa shape index (κ2) is 28.3. The molecule has 0 aliphatic heterocycles. The number of hydrogen-bond acceptors (Lipinski definition) is 2. The fraction of sp³-hybridized carbons (Fsp3) is 0.500. The van der Waals surface area contributed by atoms with Gasteiger partial charge < -0.3 is 5.21 Å². The zero-order chi connectivity index (χ0) is 19.1. The van der Waals surface area contributed by atoms with Crippen molar-refractivity contribution in [2.45, 2.75) is 69.2 Å². The molecule has 2 heterocycles. The van der Waals surface area contributed by atoms with Gasteiger partial charge in [0.2, 0.25) is 0 Å². The van der Waals surface area contributed by atoms with Crippen molar-refractivity contribution in [3.63, 3.8) is 0 Å². The van der Waals surface area contributed by atoms with Crippen molar-refractivity contribution in [1.29, 1.82) is 0 Å². The molecule has 3 nitrogen and oxygen atoms in total. The summed E-state index contributed by atoms with van der Waals surface area (Å²) < 4.78 is 0.833. The molecule has 0 N–H and O–H groups in total. The van der Waals surface area contributed by atoms with Crippen LogP contribution in [0, 0.1) is 19.1 Å². The molecule has 0 bridgehead atoms. The van der Waals surface area contributed by atoms with E-state index in [1.165, 1.54) is 6.20 Å². The van der Waals surface area contributed by atoms with Crippen LogP contribution in [0.4, 0.5) is 0 Å².